The van der Waals surface area contributed by atoms with Crippen LogP contribution in [-0.4, -0.2) is 17.1 Å². The van der Waals surface area contributed by atoms with E-state index in [-0.39, 0.29) is 16.3 Å². The van der Waals surface area contributed by atoms with Crippen LogP contribution in [0.2, 0.25) is 5.02 Å². The highest BCUT2D eigenvalue weighted by Crippen LogP contribution is 2.23. The van der Waals surface area contributed by atoms with Gasteiger partial charge in [-0.3, -0.25) is 0 Å². The Hall–Kier alpha value is -2.05. The van der Waals surface area contributed by atoms with Crippen LogP contribution in [0.25, 0.3) is 0 Å². The number of carboxylic acids is 1. The first-order valence-corrected chi connectivity index (χ1v) is 7.39. The third kappa shape index (κ3) is 3.96. The molecule has 0 saturated carbocycles. The smallest absolute Gasteiger partial charge is 0.335 e. The largest absolute Gasteiger partial charge is 0.478 e. The number of aromatic carboxylic acids is 1. The molecule has 110 valence electrons. The summed E-state index contributed by atoms with van der Waals surface area (Å²) in [5.74, 6) is -1.08. The number of halogens is 1. The van der Waals surface area contributed by atoms with Gasteiger partial charge in [-0.25, -0.2) is 9.59 Å². The average Bonchev–Trinajstić information content (AvgIpc) is 2.84. The van der Waals surface area contributed by atoms with Gasteiger partial charge in [0.15, 0.2) is 0 Å². The summed E-state index contributed by atoms with van der Waals surface area (Å²) in [6.07, 6.45) is 0. The minimum Gasteiger partial charge on any atom is -0.478 e. The number of aryl methyl sites for hydroxylation is 1. The van der Waals surface area contributed by atoms with Crippen molar-refractivity contribution >= 4 is 40.6 Å². The summed E-state index contributed by atoms with van der Waals surface area (Å²) in [6.45, 7) is 2.37. The molecule has 1 heterocycles. The summed E-state index contributed by atoms with van der Waals surface area (Å²) in [5, 5.41) is 18.4. The molecule has 7 heteroatoms. The number of hydrogen-bond donors (Lipinski definition) is 3. The molecule has 2 aromatic rings. The van der Waals surface area contributed by atoms with E-state index in [9.17, 15) is 9.59 Å². The van der Waals surface area contributed by atoms with Crippen molar-refractivity contribution in [2.24, 2.45) is 0 Å². The molecule has 2 amide bonds. The van der Waals surface area contributed by atoms with Crippen molar-refractivity contribution < 1.29 is 14.7 Å². The topological polar surface area (TPSA) is 78.4 Å². The van der Waals surface area contributed by atoms with E-state index in [0.29, 0.717) is 6.54 Å². The zero-order chi connectivity index (χ0) is 15.4. The second-order valence-electron chi connectivity index (χ2n) is 4.39. The maximum atomic E-state index is 11.8. The number of carbonyl (C=O) groups is 2. The average molecular weight is 325 g/mol. The van der Waals surface area contributed by atoms with E-state index in [2.05, 4.69) is 10.6 Å². The highest BCUT2D eigenvalue weighted by atomic mass is 35.5. The number of amides is 2. The van der Waals surface area contributed by atoms with Crippen molar-refractivity contribution in [2.45, 2.75) is 13.5 Å². The second kappa shape index (κ2) is 6.60. The molecule has 2 rings (SSSR count). The van der Waals surface area contributed by atoms with Gasteiger partial charge in [0, 0.05) is 6.54 Å². The van der Waals surface area contributed by atoms with Crippen molar-refractivity contribution in [2.75, 3.05) is 5.32 Å². The van der Waals surface area contributed by atoms with Crippen LogP contribution in [0.15, 0.2) is 29.0 Å². The van der Waals surface area contributed by atoms with E-state index < -0.39 is 12.0 Å². The number of urea groups is 1. The van der Waals surface area contributed by atoms with Gasteiger partial charge in [-0.05, 0) is 47.0 Å². The van der Waals surface area contributed by atoms with E-state index in [4.69, 9.17) is 16.7 Å². The van der Waals surface area contributed by atoms with Crippen LogP contribution in [-0.2, 0) is 6.54 Å². The van der Waals surface area contributed by atoms with Gasteiger partial charge in [-0.2, -0.15) is 11.3 Å². The number of carboxylic acid groups (broad SMARTS) is 1. The number of benzene rings is 1. The van der Waals surface area contributed by atoms with Gasteiger partial charge in [-0.15, -0.1) is 0 Å². The van der Waals surface area contributed by atoms with Gasteiger partial charge in [0.25, 0.3) is 0 Å². The van der Waals surface area contributed by atoms with E-state index in [0.717, 1.165) is 11.1 Å². The summed E-state index contributed by atoms with van der Waals surface area (Å²) in [7, 11) is 0. The molecule has 0 unspecified atom stereocenters. The van der Waals surface area contributed by atoms with Gasteiger partial charge in [0.2, 0.25) is 0 Å². The quantitative estimate of drug-likeness (QED) is 0.801. The maximum Gasteiger partial charge on any atom is 0.335 e. The molecular weight excluding hydrogens is 312 g/mol. The molecule has 0 spiro atoms. The second-order valence-corrected chi connectivity index (χ2v) is 5.54. The normalized spacial score (nSPS) is 10.2. The fourth-order valence-corrected chi connectivity index (χ4v) is 2.69. The molecule has 5 nitrogen and oxygen atoms in total. The van der Waals surface area contributed by atoms with Crippen LogP contribution in [0.3, 0.4) is 0 Å². The molecule has 21 heavy (non-hydrogen) atoms. The van der Waals surface area contributed by atoms with E-state index in [1.165, 1.54) is 18.2 Å². The first-order chi connectivity index (χ1) is 9.97. The van der Waals surface area contributed by atoms with Gasteiger partial charge >= 0.3 is 12.0 Å². The standard InChI is InChI=1S/C14H13ClN2O3S/c1-8-6-21-7-10(8)5-16-14(20)17-12-4-9(13(18)19)2-3-11(12)15/h2-4,6-7H,5H2,1H3,(H,18,19)(H2,16,17,20). The first-order valence-electron chi connectivity index (χ1n) is 6.06. The Labute approximate surface area is 130 Å². The fraction of sp³-hybridized carbons (Fsp3) is 0.143. The van der Waals surface area contributed by atoms with Gasteiger partial charge in [0.1, 0.15) is 0 Å². The van der Waals surface area contributed by atoms with Crippen LogP contribution in [0, 0.1) is 6.92 Å². The molecule has 0 aliphatic rings. The molecule has 3 N–H and O–H groups in total. The Kier molecular flexibility index (Phi) is 4.82. The number of carbonyl (C=O) groups excluding carboxylic acids is 1. The monoisotopic (exact) mass is 324 g/mol. The zero-order valence-corrected chi connectivity index (χ0v) is 12.7. The lowest BCUT2D eigenvalue weighted by molar-refractivity contribution is 0.0697. The Balaban J connectivity index is 2.01. The Morgan fingerprint density at radius 1 is 1.33 bits per heavy atom. The Morgan fingerprint density at radius 3 is 2.71 bits per heavy atom. The summed E-state index contributed by atoms with van der Waals surface area (Å²) in [4.78, 5) is 22.7. The fourth-order valence-electron chi connectivity index (χ4n) is 1.66. The van der Waals surface area contributed by atoms with Gasteiger partial charge in [-0.1, -0.05) is 11.6 Å². The van der Waals surface area contributed by atoms with Gasteiger partial charge < -0.3 is 15.7 Å². The predicted octanol–water partition coefficient (Wildman–Crippen LogP) is 3.73. The van der Waals surface area contributed by atoms with E-state index in [1.807, 2.05) is 17.7 Å². The number of thiophene rings is 1. The molecule has 0 bridgehead atoms. The summed E-state index contributed by atoms with van der Waals surface area (Å²) >= 11 is 7.51. The number of rotatable bonds is 4. The third-order valence-corrected chi connectivity index (χ3v) is 4.10. The molecule has 0 fully saturated rings. The first kappa shape index (κ1) is 15.3. The molecule has 0 atom stereocenters. The minimum absolute atomic E-state index is 0.0587. The molecular formula is C14H13ClN2O3S. The summed E-state index contributed by atoms with van der Waals surface area (Å²) in [6, 6.07) is 3.69. The van der Waals surface area contributed by atoms with Crippen LogP contribution in [0.5, 0.6) is 0 Å². The van der Waals surface area contributed by atoms with Crippen molar-refractivity contribution in [3.63, 3.8) is 0 Å². The van der Waals surface area contributed by atoms with Crippen molar-refractivity contribution in [3.8, 4) is 0 Å². The number of nitrogens with one attached hydrogen (secondary N) is 2. The lowest BCUT2D eigenvalue weighted by Crippen LogP contribution is -2.28. The van der Waals surface area contributed by atoms with E-state index in [1.54, 1.807) is 11.3 Å². The lowest BCUT2D eigenvalue weighted by Gasteiger charge is -2.09. The van der Waals surface area contributed by atoms with Crippen molar-refractivity contribution in [1.82, 2.24) is 5.32 Å². The van der Waals surface area contributed by atoms with Crippen LogP contribution in [0.1, 0.15) is 21.5 Å². The molecule has 1 aromatic heterocycles. The minimum atomic E-state index is -1.08. The Morgan fingerprint density at radius 2 is 2.10 bits per heavy atom. The molecule has 0 aliphatic carbocycles. The maximum absolute atomic E-state index is 11.8. The molecule has 0 saturated heterocycles. The third-order valence-electron chi connectivity index (χ3n) is 2.86. The molecule has 0 radical (unpaired) electrons. The van der Waals surface area contributed by atoms with Crippen LogP contribution in [0.4, 0.5) is 10.5 Å². The van der Waals surface area contributed by atoms with E-state index >= 15 is 0 Å². The number of hydrogen-bond acceptors (Lipinski definition) is 3. The van der Waals surface area contributed by atoms with Gasteiger partial charge in [0.05, 0.1) is 16.3 Å². The molecule has 0 aliphatic heterocycles. The molecule has 1 aromatic carbocycles. The summed E-state index contributed by atoms with van der Waals surface area (Å²) < 4.78 is 0. The van der Waals surface area contributed by atoms with Crippen molar-refractivity contribution in [1.29, 1.82) is 0 Å². The zero-order valence-electron chi connectivity index (χ0n) is 11.1. The highest BCUT2D eigenvalue weighted by Gasteiger charge is 2.10. The SMILES string of the molecule is Cc1cscc1CNC(=O)Nc1cc(C(=O)O)ccc1Cl. The Bertz CT molecular complexity index is 685. The van der Waals surface area contributed by atoms with Crippen LogP contribution < -0.4 is 10.6 Å². The lowest BCUT2D eigenvalue weighted by atomic mass is 10.2. The van der Waals surface area contributed by atoms with Crippen molar-refractivity contribution in [3.05, 3.63) is 50.7 Å². The number of anilines is 1. The summed E-state index contributed by atoms with van der Waals surface area (Å²) in [5.41, 5.74) is 2.48. The van der Waals surface area contributed by atoms with Crippen LogP contribution >= 0.6 is 22.9 Å². The predicted molar refractivity (Wildman–Crippen MR) is 83.3 cm³/mol. The highest BCUT2D eigenvalue weighted by molar-refractivity contribution is 7.08.